The Morgan fingerprint density at radius 3 is 2.96 bits per heavy atom. The van der Waals surface area contributed by atoms with Gasteiger partial charge in [-0.15, -0.1) is 0 Å². The first kappa shape index (κ1) is 16.8. The monoisotopic (exact) mass is 379 g/mol. The van der Waals surface area contributed by atoms with Crippen LogP contribution in [0.1, 0.15) is 22.8 Å². The number of benzene rings is 1. The molecule has 2 aromatic heterocycles. The van der Waals surface area contributed by atoms with Crippen molar-refractivity contribution in [2.24, 2.45) is 0 Å². The fourth-order valence-electron chi connectivity index (χ4n) is 3.95. The van der Waals surface area contributed by atoms with Gasteiger partial charge in [0.1, 0.15) is 0 Å². The minimum absolute atomic E-state index is 0.00280. The van der Waals surface area contributed by atoms with Gasteiger partial charge in [0, 0.05) is 45.0 Å². The van der Waals surface area contributed by atoms with Crippen molar-refractivity contribution >= 4 is 28.7 Å². The first-order chi connectivity index (χ1) is 13.6. The molecule has 1 unspecified atom stereocenters. The van der Waals surface area contributed by atoms with Gasteiger partial charge in [-0.25, -0.2) is 9.78 Å². The average Bonchev–Trinajstić information content (AvgIpc) is 3.48. The van der Waals surface area contributed by atoms with Crippen LogP contribution in [-0.4, -0.2) is 74.7 Å². The maximum absolute atomic E-state index is 12.9. The summed E-state index contributed by atoms with van der Waals surface area (Å²) in [5.41, 5.74) is 3.17. The number of fused-ring (bicyclic) bond motifs is 1. The first-order valence-corrected chi connectivity index (χ1v) is 9.39. The number of carbonyl (C=O) groups excluding carboxylic acids is 2. The number of imidazole rings is 1. The number of carbonyl (C=O) groups is 2. The summed E-state index contributed by atoms with van der Waals surface area (Å²) in [7, 11) is 1.80. The normalized spacial score (nSPS) is 20.0. The molecule has 2 saturated heterocycles. The highest BCUT2D eigenvalue weighted by atomic mass is 16.2. The van der Waals surface area contributed by atoms with Gasteiger partial charge in [0.25, 0.3) is 5.91 Å². The Hall–Kier alpha value is -3.36. The van der Waals surface area contributed by atoms with Crippen LogP contribution in [0.5, 0.6) is 0 Å². The maximum Gasteiger partial charge on any atom is 0.324 e. The van der Waals surface area contributed by atoms with Crippen molar-refractivity contribution in [3.63, 3.8) is 0 Å². The number of nitrogens with zero attached hydrogens (tertiary/aromatic N) is 6. The number of aromatic amines is 1. The van der Waals surface area contributed by atoms with Gasteiger partial charge < -0.3 is 14.8 Å². The molecule has 4 heterocycles. The van der Waals surface area contributed by atoms with Gasteiger partial charge in [-0.05, 0) is 24.6 Å². The molecule has 0 radical (unpaired) electrons. The van der Waals surface area contributed by atoms with E-state index in [4.69, 9.17) is 0 Å². The van der Waals surface area contributed by atoms with Gasteiger partial charge >= 0.3 is 6.03 Å². The Balaban J connectivity index is 1.29. The van der Waals surface area contributed by atoms with Crippen LogP contribution in [0, 0.1) is 0 Å². The molecular formula is C19H21N7O2. The Bertz CT molecular complexity index is 1060. The van der Waals surface area contributed by atoms with Crippen molar-refractivity contribution in [1.82, 2.24) is 29.5 Å². The number of amides is 3. The lowest BCUT2D eigenvalue weighted by Crippen LogP contribution is -2.29. The van der Waals surface area contributed by atoms with Crippen LogP contribution in [0.25, 0.3) is 11.0 Å². The van der Waals surface area contributed by atoms with E-state index in [1.54, 1.807) is 29.4 Å². The summed E-state index contributed by atoms with van der Waals surface area (Å²) in [5.74, 6) is 0.0164. The number of nitrogens with one attached hydrogen (secondary N) is 1. The lowest BCUT2D eigenvalue weighted by molar-refractivity contribution is 0.0787. The molecule has 2 aliphatic rings. The van der Waals surface area contributed by atoms with Crippen molar-refractivity contribution in [2.45, 2.75) is 12.5 Å². The molecule has 1 aromatic carbocycles. The summed E-state index contributed by atoms with van der Waals surface area (Å²) < 4.78 is 1.88. The van der Waals surface area contributed by atoms with Crippen LogP contribution in [0.15, 0.2) is 36.9 Å². The fraction of sp³-hybridized carbons (Fsp3) is 0.368. The standard InChI is InChI=1S/C19H21N7O2/c1-23-6-7-25(19(23)28)15-9-22-26(11-15)14-4-5-24(10-14)18(27)13-2-3-16-17(8-13)21-12-20-16/h2-3,8-9,11-12,14H,4-7,10H2,1H3,(H,20,21). The van der Waals surface area contributed by atoms with Crippen LogP contribution in [0.2, 0.25) is 0 Å². The first-order valence-electron chi connectivity index (χ1n) is 9.39. The smallest absolute Gasteiger partial charge is 0.324 e. The van der Waals surface area contributed by atoms with Crippen molar-refractivity contribution in [1.29, 1.82) is 0 Å². The molecule has 144 valence electrons. The molecule has 2 fully saturated rings. The van der Waals surface area contributed by atoms with E-state index in [2.05, 4.69) is 15.1 Å². The highest BCUT2D eigenvalue weighted by molar-refractivity contribution is 5.97. The van der Waals surface area contributed by atoms with Crippen LogP contribution >= 0.6 is 0 Å². The van der Waals surface area contributed by atoms with Gasteiger partial charge in [0.05, 0.1) is 35.3 Å². The number of anilines is 1. The second-order valence-corrected chi connectivity index (χ2v) is 7.36. The number of urea groups is 1. The highest BCUT2D eigenvalue weighted by Crippen LogP contribution is 2.26. The number of H-pyrrole nitrogens is 1. The third-order valence-corrected chi connectivity index (χ3v) is 5.61. The van der Waals surface area contributed by atoms with E-state index < -0.39 is 0 Å². The van der Waals surface area contributed by atoms with E-state index in [-0.39, 0.29) is 18.0 Å². The summed E-state index contributed by atoms with van der Waals surface area (Å²) in [5, 5.41) is 4.46. The highest BCUT2D eigenvalue weighted by Gasteiger charge is 2.31. The lowest BCUT2D eigenvalue weighted by atomic mass is 10.2. The molecule has 3 aromatic rings. The minimum atomic E-state index is -0.00280. The van der Waals surface area contributed by atoms with Gasteiger partial charge in [-0.2, -0.15) is 5.10 Å². The quantitative estimate of drug-likeness (QED) is 0.750. The Morgan fingerprint density at radius 2 is 2.14 bits per heavy atom. The average molecular weight is 379 g/mol. The predicted molar refractivity (Wildman–Crippen MR) is 103 cm³/mol. The molecule has 0 spiro atoms. The Labute approximate surface area is 161 Å². The second-order valence-electron chi connectivity index (χ2n) is 7.36. The Kier molecular flexibility index (Phi) is 3.81. The molecule has 0 bridgehead atoms. The molecule has 9 nitrogen and oxygen atoms in total. The summed E-state index contributed by atoms with van der Waals surface area (Å²) in [6.07, 6.45) is 6.11. The van der Waals surface area contributed by atoms with E-state index in [1.165, 1.54) is 0 Å². The van der Waals surface area contributed by atoms with Crippen LogP contribution in [-0.2, 0) is 0 Å². The van der Waals surface area contributed by atoms with Crippen LogP contribution in [0.4, 0.5) is 10.5 Å². The molecule has 0 saturated carbocycles. The third kappa shape index (κ3) is 2.70. The summed E-state index contributed by atoms with van der Waals surface area (Å²) in [6.45, 7) is 2.68. The maximum atomic E-state index is 12.9. The molecular weight excluding hydrogens is 358 g/mol. The molecule has 2 aliphatic heterocycles. The Morgan fingerprint density at radius 1 is 1.25 bits per heavy atom. The molecule has 1 N–H and O–H groups in total. The van der Waals surface area contributed by atoms with E-state index in [9.17, 15) is 9.59 Å². The van der Waals surface area contributed by atoms with Crippen molar-refractivity contribution < 1.29 is 9.59 Å². The summed E-state index contributed by atoms with van der Waals surface area (Å²) in [6, 6.07) is 5.64. The lowest BCUT2D eigenvalue weighted by Gasteiger charge is -2.17. The minimum Gasteiger partial charge on any atom is -0.345 e. The van der Waals surface area contributed by atoms with Crippen LogP contribution < -0.4 is 4.90 Å². The number of hydrogen-bond donors (Lipinski definition) is 1. The van der Waals surface area contributed by atoms with Gasteiger partial charge in [-0.1, -0.05) is 0 Å². The third-order valence-electron chi connectivity index (χ3n) is 5.61. The second kappa shape index (κ2) is 6.36. The molecule has 3 amide bonds. The van der Waals surface area contributed by atoms with E-state index >= 15 is 0 Å². The molecule has 9 heteroatoms. The zero-order valence-electron chi connectivity index (χ0n) is 15.6. The van der Waals surface area contributed by atoms with E-state index in [1.807, 2.05) is 34.0 Å². The molecule has 0 aliphatic carbocycles. The van der Waals surface area contributed by atoms with Gasteiger partial charge in [-0.3, -0.25) is 14.4 Å². The SMILES string of the molecule is CN1CCN(c2cnn(C3CCN(C(=O)c4ccc5nc[nH]c5c4)C3)c2)C1=O. The van der Waals surface area contributed by atoms with Gasteiger partial charge in [0.15, 0.2) is 0 Å². The number of aromatic nitrogens is 4. The number of likely N-dealkylation sites (N-methyl/N-ethyl adjacent to an activating group) is 1. The number of likely N-dealkylation sites (tertiary alicyclic amines) is 1. The largest absolute Gasteiger partial charge is 0.345 e. The van der Waals surface area contributed by atoms with Crippen molar-refractivity contribution in [2.75, 3.05) is 38.1 Å². The molecule has 1 atom stereocenters. The topological polar surface area (TPSA) is 90.4 Å². The predicted octanol–water partition coefficient (Wildman–Crippen LogP) is 1.72. The van der Waals surface area contributed by atoms with Crippen molar-refractivity contribution in [3.8, 4) is 0 Å². The van der Waals surface area contributed by atoms with E-state index in [0.717, 1.165) is 29.7 Å². The van der Waals surface area contributed by atoms with Gasteiger partial charge in [0.2, 0.25) is 0 Å². The number of hydrogen-bond acceptors (Lipinski definition) is 4. The molecule has 28 heavy (non-hydrogen) atoms. The zero-order chi connectivity index (χ0) is 19.3. The summed E-state index contributed by atoms with van der Waals surface area (Å²) in [4.78, 5) is 37.6. The summed E-state index contributed by atoms with van der Waals surface area (Å²) >= 11 is 0. The van der Waals surface area contributed by atoms with Crippen molar-refractivity contribution in [3.05, 3.63) is 42.5 Å². The zero-order valence-corrected chi connectivity index (χ0v) is 15.6. The van der Waals surface area contributed by atoms with E-state index in [0.29, 0.717) is 25.2 Å². The van der Waals surface area contributed by atoms with Crippen LogP contribution in [0.3, 0.4) is 0 Å². The number of rotatable bonds is 3. The fourth-order valence-corrected chi connectivity index (χ4v) is 3.95. The molecule has 5 rings (SSSR count).